The molecule has 1 aromatic rings. The van der Waals surface area contributed by atoms with Gasteiger partial charge >= 0.3 is 6.18 Å². The molecule has 1 fully saturated rings. The number of nitrogens with two attached hydrogens (primary N) is 2. The number of aromatic nitrogens is 1. The fraction of sp³-hybridized carbons (Fsp3) is 0.417. The second-order valence-corrected chi connectivity index (χ2v) is 5.60. The van der Waals surface area contributed by atoms with Gasteiger partial charge in [0.1, 0.15) is 6.04 Å². The van der Waals surface area contributed by atoms with Gasteiger partial charge in [-0.15, -0.1) is 0 Å². The standard InChI is InChI=1S/C12H14ClF3N6O3/c1-4-7(8(21-25-4)10(23)20-17)11(24)22(18)9-6(13)2-5(3-19-9)12(14,15)16/h2-4,7-8,21H,17-18H2,1H3,(H,20,23)/t4-,7-,8-/m0/s1. The Morgan fingerprint density at radius 3 is 2.64 bits per heavy atom. The summed E-state index contributed by atoms with van der Waals surface area (Å²) in [6, 6.07) is -0.555. The first-order chi connectivity index (χ1) is 11.6. The van der Waals surface area contributed by atoms with Crippen LogP contribution in [0.25, 0.3) is 0 Å². The highest BCUT2D eigenvalue weighted by Gasteiger charge is 2.46. The molecular weight excluding hydrogens is 369 g/mol. The van der Waals surface area contributed by atoms with Gasteiger partial charge < -0.3 is 0 Å². The van der Waals surface area contributed by atoms with E-state index in [1.54, 1.807) is 0 Å². The number of pyridine rings is 1. The van der Waals surface area contributed by atoms with Gasteiger partial charge in [0.2, 0.25) is 0 Å². The van der Waals surface area contributed by atoms with Crippen molar-refractivity contribution in [2.24, 2.45) is 17.6 Å². The summed E-state index contributed by atoms with van der Waals surface area (Å²) in [6.45, 7) is 1.50. The van der Waals surface area contributed by atoms with Gasteiger partial charge in [0.25, 0.3) is 11.8 Å². The number of nitrogens with zero attached hydrogens (tertiary/aromatic N) is 2. The van der Waals surface area contributed by atoms with Crippen LogP contribution in [0.5, 0.6) is 0 Å². The predicted octanol–water partition coefficient (Wildman–Crippen LogP) is -0.141. The number of hydrazine groups is 2. The van der Waals surface area contributed by atoms with Crippen LogP contribution < -0.4 is 27.6 Å². The molecule has 0 saturated carbocycles. The van der Waals surface area contributed by atoms with Gasteiger partial charge in [-0.25, -0.2) is 21.7 Å². The van der Waals surface area contributed by atoms with E-state index in [9.17, 15) is 22.8 Å². The summed E-state index contributed by atoms with van der Waals surface area (Å²) in [5.74, 6) is 7.61. The lowest BCUT2D eigenvalue weighted by atomic mass is 9.94. The summed E-state index contributed by atoms with van der Waals surface area (Å²) < 4.78 is 37.9. The minimum absolute atomic E-state index is 0.398. The van der Waals surface area contributed by atoms with Crippen LogP contribution in [0.2, 0.25) is 5.02 Å². The molecule has 2 rings (SSSR count). The van der Waals surface area contributed by atoms with Gasteiger partial charge in [-0.3, -0.25) is 19.9 Å². The predicted molar refractivity (Wildman–Crippen MR) is 79.2 cm³/mol. The van der Waals surface area contributed by atoms with Crippen molar-refractivity contribution in [2.45, 2.75) is 25.2 Å². The molecule has 0 aromatic carbocycles. The third kappa shape index (κ3) is 3.82. The van der Waals surface area contributed by atoms with Crippen LogP contribution in [-0.2, 0) is 20.6 Å². The third-order valence-electron chi connectivity index (χ3n) is 3.57. The zero-order chi connectivity index (χ0) is 18.9. The Labute approximate surface area is 144 Å². The zero-order valence-corrected chi connectivity index (χ0v) is 13.4. The molecule has 6 N–H and O–H groups in total. The SMILES string of the molecule is C[C@@H]1ON[C@H](C(=O)NN)[C@H]1C(=O)N(N)c1ncc(C(F)(F)F)cc1Cl. The Bertz CT molecular complexity index is 689. The lowest BCUT2D eigenvalue weighted by molar-refractivity contribution is -0.137. The molecule has 2 amide bonds. The number of hydrogen-bond acceptors (Lipinski definition) is 7. The summed E-state index contributed by atoms with van der Waals surface area (Å²) in [5.41, 5.74) is 3.11. The minimum atomic E-state index is -4.65. The van der Waals surface area contributed by atoms with Crippen molar-refractivity contribution in [1.82, 2.24) is 15.9 Å². The number of anilines is 1. The van der Waals surface area contributed by atoms with Crippen molar-refractivity contribution in [3.63, 3.8) is 0 Å². The number of hydrogen-bond donors (Lipinski definition) is 4. The van der Waals surface area contributed by atoms with Crippen LogP contribution >= 0.6 is 11.6 Å². The maximum Gasteiger partial charge on any atom is 0.417 e. The van der Waals surface area contributed by atoms with Crippen LogP contribution in [0.4, 0.5) is 19.0 Å². The summed E-state index contributed by atoms with van der Waals surface area (Å²) in [6.07, 6.45) is -4.93. The first kappa shape index (κ1) is 19.3. The molecule has 0 unspecified atom stereocenters. The Kier molecular flexibility index (Phi) is 5.49. The number of nitrogens with one attached hydrogen (secondary N) is 2. The monoisotopic (exact) mass is 382 g/mol. The van der Waals surface area contributed by atoms with E-state index < -0.39 is 52.5 Å². The number of carbonyl (C=O) groups excluding carboxylic acids is 2. The quantitative estimate of drug-likeness (QED) is 0.324. The maximum absolute atomic E-state index is 12.6. The maximum atomic E-state index is 12.6. The molecule has 0 spiro atoms. The highest BCUT2D eigenvalue weighted by atomic mass is 35.5. The third-order valence-corrected chi connectivity index (χ3v) is 3.85. The molecule has 1 saturated heterocycles. The number of alkyl halides is 3. The topological polar surface area (TPSA) is 136 Å². The summed E-state index contributed by atoms with van der Waals surface area (Å²) in [4.78, 5) is 32.8. The van der Waals surface area contributed by atoms with Crippen molar-refractivity contribution >= 4 is 29.2 Å². The largest absolute Gasteiger partial charge is 0.417 e. The molecule has 0 bridgehead atoms. The fourth-order valence-electron chi connectivity index (χ4n) is 2.28. The van der Waals surface area contributed by atoms with E-state index >= 15 is 0 Å². The highest BCUT2D eigenvalue weighted by molar-refractivity contribution is 6.33. The number of halogens is 4. The summed E-state index contributed by atoms with van der Waals surface area (Å²) in [7, 11) is 0. The van der Waals surface area contributed by atoms with E-state index in [1.807, 2.05) is 5.43 Å². The van der Waals surface area contributed by atoms with Gasteiger partial charge in [-0.1, -0.05) is 11.6 Å². The molecule has 2 heterocycles. The fourth-order valence-corrected chi connectivity index (χ4v) is 2.53. The molecule has 1 aliphatic heterocycles. The van der Waals surface area contributed by atoms with Crippen LogP contribution in [-0.4, -0.2) is 28.9 Å². The van der Waals surface area contributed by atoms with Gasteiger partial charge in [0, 0.05) is 6.20 Å². The smallest absolute Gasteiger partial charge is 0.297 e. The van der Waals surface area contributed by atoms with Gasteiger partial charge in [-0.05, 0) is 13.0 Å². The second kappa shape index (κ2) is 7.09. The van der Waals surface area contributed by atoms with Crippen molar-refractivity contribution in [3.05, 3.63) is 22.8 Å². The molecule has 3 atom stereocenters. The molecule has 0 radical (unpaired) electrons. The summed E-state index contributed by atoms with van der Waals surface area (Å²) in [5, 5.41) is -0.0124. The first-order valence-electron chi connectivity index (χ1n) is 6.81. The lowest BCUT2D eigenvalue weighted by Gasteiger charge is -2.24. The molecule has 25 heavy (non-hydrogen) atoms. The van der Waals surface area contributed by atoms with Crippen molar-refractivity contribution in [1.29, 1.82) is 0 Å². The van der Waals surface area contributed by atoms with E-state index in [-0.39, 0.29) is 0 Å². The normalized spacial score (nSPS) is 23.4. The van der Waals surface area contributed by atoms with E-state index in [0.717, 1.165) is 0 Å². The molecule has 1 aliphatic rings. The molecule has 13 heteroatoms. The molecule has 9 nitrogen and oxygen atoms in total. The van der Waals surface area contributed by atoms with Crippen LogP contribution in [0.15, 0.2) is 12.3 Å². The summed E-state index contributed by atoms with van der Waals surface area (Å²) >= 11 is 5.76. The first-order valence-corrected chi connectivity index (χ1v) is 7.18. The van der Waals surface area contributed by atoms with Crippen LogP contribution in [0, 0.1) is 5.92 Å². The van der Waals surface area contributed by atoms with E-state index in [2.05, 4.69) is 10.5 Å². The molecule has 138 valence electrons. The second-order valence-electron chi connectivity index (χ2n) is 5.19. The van der Waals surface area contributed by atoms with Crippen LogP contribution in [0.1, 0.15) is 12.5 Å². The van der Waals surface area contributed by atoms with Crippen molar-refractivity contribution in [2.75, 3.05) is 5.01 Å². The Morgan fingerprint density at radius 2 is 2.12 bits per heavy atom. The lowest BCUT2D eigenvalue weighted by Crippen LogP contribution is -2.53. The Morgan fingerprint density at radius 1 is 1.48 bits per heavy atom. The Balaban J connectivity index is 2.29. The van der Waals surface area contributed by atoms with Gasteiger partial charge in [0.05, 0.1) is 22.6 Å². The van der Waals surface area contributed by atoms with E-state index in [4.69, 9.17) is 28.1 Å². The number of hydroxylamine groups is 1. The highest BCUT2D eigenvalue weighted by Crippen LogP contribution is 2.33. The molecule has 1 aromatic heterocycles. The van der Waals surface area contributed by atoms with E-state index in [1.165, 1.54) is 6.92 Å². The van der Waals surface area contributed by atoms with Crippen molar-refractivity contribution < 1.29 is 27.6 Å². The van der Waals surface area contributed by atoms with Gasteiger partial charge in [-0.2, -0.15) is 18.7 Å². The number of carbonyl (C=O) groups is 2. The van der Waals surface area contributed by atoms with Crippen LogP contribution in [0.3, 0.4) is 0 Å². The van der Waals surface area contributed by atoms with Gasteiger partial charge in [0.15, 0.2) is 5.82 Å². The zero-order valence-electron chi connectivity index (χ0n) is 12.7. The van der Waals surface area contributed by atoms with Crippen molar-refractivity contribution in [3.8, 4) is 0 Å². The molecule has 0 aliphatic carbocycles. The minimum Gasteiger partial charge on any atom is -0.297 e. The average molecular weight is 383 g/mol. The number of amides is 2. The Hall–Kier alpha value is -1.99. The van der Waals surface area contributed by atoms with E-state index in [0.29, 0.717) is 17.3 Å². The molecular formula is C12H14ClF3N6O3. The number of rotatable bonds is 3. The average Bonchev–Trinajstić information content (AvgIpc) is 2.93.